The van der Waals surface area contributed by atoms with Gasteiger partial charge in [-0.05, 0) is 55.5 Å². The molecule has 3 rings (SSSR count). The van der Waals surface area contributed by atoms with Gasteiger partial charge in [-0.3, -0.25) is 9.10 Å². The first-order chi connectivity index (χ1) is 16.9. The fraction of sp³-hybridized carbons (Fsp3) is 0.269. The Bertz CT molecular complexity index is 1090. The van der Waals surface area contributed by atoms with Gasteiger partial charge in [0.15, 0.2) is 0 Å². The molecule has 0 spiro atoms. The van der Waals surface area contributed by atoms with Crippen LogP contribution in [0.15, 0.2) is 71.6 Å². The van der Waals surface area contributed by atoms with Crippen molar-refractivity contribution in [3.05, 3.63) is 72.3 Å². The lowest BCUT2D eigenvalue weighted by molar-refractivity contribution is -0.115. The first-order valence-corrected chi connectivity index (χ1v) is 12.7. The van der Waals surface area contributed by atoms with E-state index in [0.717, 1.165) is 22.8 Å². The summed E-state index contributed by atoms with van der Waals surface area (Å²) < 4.78 is 18.4. The number of anilines is 3. The molecular formula is C26H31N3O4S2. The molecule has 35 heavy (non-hydrogen) atoms. The largest absolute Gasteiger partial charge is 0.497 e. The molecule has 1 N–H and O–H groups in total. The Hall–Kier alpha value is -3.01. The smallest absolute Gasteiger partial charge is 0.225 e. The molecule has 0 fully saturated rings. The van der Waals surface area contributed by atoms with E-state index in [1.807, 2.05) is 53.8 Å². The quantitative estimate of drug-likeness (QED) is 0.133. The Kier molecular flexibility index (Phi) is 10.0. The maximum atomic E-state index is 12.3. The van der Waals surface area contributed by atoms with Crippen molar-refractivity contribution in [1.29, 1.82) is 0 Å². The van der Waals surface area contributed by atoms with Gasteiger partial charge in [0.2, 0.25) is 5.91 Å². The van der Waals surface area contributed by atoms with Gasteiger partial charge >= 0.3 is 0 Å². The molecule has 3 aromatic rings. The fourth-order valence-electron chi connectivity index (χ4n) is 3.10. The van der Waals surface area contributed by atoms with Crippen LogP contribution in [0.5, 0.6) is 11.5 Å². The maximum Gasteiger partial charge on any atom is 0.225 e. The standard InChI is InChI=1S/C26H31N3O4S2/c1-19-6-13-23(14-7-19)34-17-16-26(30)27-20-8-10-21(11-9-20)29(3)35-33-28(2)24-18-22(31-4)12-15-25(24)32-5/h6-15,18H,16-17H2,1-5H3,(H,27,30). The predicted molar refractivity (Wildman–Crippen MR) is 147 cm³/mol. The number of amides is 1. The number of carbonyl (C=O) groups excluding carboxylic acids is 1. The Morgan fingerprint density at radius 1 is 0.943 bits per heavy atom. The van der Waals surface area contributed by atoms with E-state index in [9.17, 15) is 4.79 Å². The van der Waals surface area contributed by atoms with E-state index in [1.54, 1.807) is 38.1 Å². The van der Waals surface area contributed by atoms with Crippen molar-refractivity contribution >= 4 is 47.0 Å². The number of hydrogen-bond acceptors (Lipinski definition) is 8. The zero-order valence-electron chi connectivity index (χ0n) is 20.6. The van der Waals surface area contributed by atoms with E-state index in [-0.39, 0.29) is 5.91 Å². The molecule has 0 saturated heterocycles. The second kappa shape index (κ2) is 13.2. The molecule has 7 nitrogen and oxygen atoms in total. The van der Waals surface area contributed by atoms with Crippen LogP contribution in [0.25, 0.3) is 0 Å². The van der Waals surface area contributed by atoms with Gasteiger partial charge in [-0.1, -0.05) is 17.7 Å². The van der Waals surface area contributed by atoms with Gasteiger partial charge in [0, 0.05) is 48.6 Å². The third kappa shape index (κ3) is 8.02. The zero-order valence-corrected chi connectivity index (χ0v) is 22.2. The topological polar surface area (TPSA) is 63.3 Å². The normalized spacial score (nSPS) is 10.5. The summed E-state index contributed by atoms with van der Waals surface area (Å²) in [5.74, 6) is 2.11. The van der Waals surface area contributed by atoms with Gasteiger partial charge in [-0.25, -0.2) is 5.06 Å². The lowest BCUT2D eigenvalue weighted by atomic mass is 10.2. The molecule has 0 unspecified atom stereocenters. The van der Waals surface area contributed by atoms with E-state index in [0.29, 0.717) is 17.9 Å². The molecule has 0 aliphatic rings. The Labute approximate surface area is 216 Å². The zero-order chi connectivity index (χ0) is 25.2. The highest BCUT2D eigenvalue weighted by Crippen LogP contribution is 2.34. The van der Waals surface area contributed by atoms with Gasteiger partial charge in [-0.2, -0.15) is 4.28 Å². The van der Waals surface area contributed by atoms with Crippen molar-refractivity contribution in [2.45, 2.75) is 18.2 Å². The number of carbonyl (C=O) groups is 1. The van der Waals surface area contributed by atoms with Gasteiger partial charge < -0.3 is 14.8 Å². The molecule has 0 radical (unpaired) electrons. The van der Waals surface area contributed by atoms with Crippen LogP contribution in [-0.2, 0) is 9.08 Å². The van der Waals surface area contributed by atoms with Crippen molar-refractivity contribution in [2.24, 2.45) is 0 Å². The summed E-state index contributed by atoms with van der Waals surface area (Å²) in [6, 6.07) is 21.5. The third-order valence-corrected chi connectivity index (χ3v) is 6.85. The molecule has 186 valence electrons. The molecular weight excluding hydrogens is 482 g/mol. The lowest BCUT2D eigenvalue weighted by Crippen LogP contribution is -2.19. The number of hydrogen-bond donors (Lipinski definition) is 1. The van der Waals surface area contributed by atoms with Crippen molar-refractivity contribution < 1.29 is 18.6 Å². The van der Waals surface area contributed by atoms with Crippen molar-refractivity contribution in [1.82, 2.24) is 0 Å². The highest BCUT2D eigenvalue weighted by Gasteiger charge is 2.13. The monoisotopic (exact) mass is 513 g/mol. The van der Waals surface area contributed by atoms with E-state index in [4.69, 9.17) is 13.8 Å². The number of rotatable bonds is 12. The number of thioether (sulfide) groups is 1. The summed E-state index contributed by atoms with van der Waals surface area (Å²) in [5, 5.41) is 4.57. The van der Waals surface area contributed by atoms with Crippen molar-refractivity contribution in [3.8, 4) is 11.5 Å². The number of ether oxygens (including phenoxy) is 2. The number of benzene rings is 3. The molecule has 0 bridgehead atoms. The average Bonchev–Trinajstić information content (AvgIpc) is 2.88. The number of nitrogens with zero attached hydrogens (tertiary/aromatic N) is 2. The van der Waals surface area contributed by atoms with Crippen LogP contribution in [0.3, 0.4) is 0 Å². The van der Waals surface area contributed by atoms with E-state index in [1.165, 1.54) is 22.7 Å². The number of hydroxylamine groups is 1. The van der Waals surface area contributed by atoms with E-state index < -0.39 is 0 Å². The molecule has 0 aliphatic heterocycles. The molecule has 0 aromatic heterocycles. The fourth-order valence-corrected chi connectivity index (χ4v) is 4.44. The molecule has 0 aliphatic carbocycles. The summed E-state index contributed by atoms with van der Waals surface area (Å²) in [4.78, 5) is 13.5. The van der Waals surface area contributed by atoms with Crippen molar-refractivity contribution in [2.75, 3.05) is 48.8 Å². The molecule has 0 saturated carbocycles. The molecule has 1 amide bonds. The molecule has 3 aromatic carbocycles. The van der Waals surface area contributed by atoms with Crippen LogP contribution < -0.4 is 24.2 Å². The van der Waals surface area contributed by atoms with Crippen molar-refractivity contribution in [3.63, 3.8) is 0 Å². The average molecular weight is 514 g/mol. The Morgan fingerprint density at radius 2 is 1.66 bits per heavy atom. The highest BCUT2D eigenvalue weighted by molar-refractivity contribution is 7.99. The molecule has 0 atom stereocenters. The first-order valence-electron chi connectivity index (χ1n) is 11.0. The maximum absolute atomic E-state index is 12.3. The van der Waals surface area contributed by atoms with Crippen LogP contribution >= 0.6 is 24.0 Å². The van der Waals surface area contributed by atoms with Gasteiger partial charge in [-0.15, -0.1) is 11.8 Å². The van der Waals surface area contributed by atoms with Crippen LogP contribution in [0.4, 0.5) is 17.1 Å². The van der Waals surface area contributed by atoms with Crippen LogP contribution in [0.1, 0.15) is 12.0 Å². The molecule has 9 heteroatoms. The third-order valence-electron chi connectivity index (χ3n) is 5.12. The second-order valence-corrected chi connectivity index (χ2v) is 9.70. The van der Waals surface area contributed by atoms with Crippen LogP contribution in [0, 0.1) is 6.92 Å². The second-order valence-electron chi connectivity index (χ2n) is 7.69. The van der Waals surface area contributed by atoms with Gasteiger partial charge in [0.05, 0.1) is 14.2 Å². The van der Waals surface area contributed by atoms with Crippen LogP contribution in [0.2, 0.25) is 0 Å². The molecule has 0 heterocycles. The summed E-state index contributed by atoms with van der Waals surface area (Å²) in [5.41, 5.74) is 3.66. The first kappa shape index (κ1) is 26.6. The van der Waals surface area contributed by atoms with E-state index >= 15 is 0 Å². The van der Waals surface area contributed by atoms with Gasteiger partial charge in [0.25, 0.3) is 0 Å². The SMILES string of the molecule is COc1ccc(OC)c(N(C)OSN(C)c2ccc(NC(=O)CCSc3ccc(C)cc3)cc2)c1. The summed E-state index contributed by atoms with van der Waals surface area (Å²) in [7, 11) is 6.93. The minimum absolute atomic E-state index is 0.00251. The summed E-state index contributed by atoms with van der Waals surface area (Å²) in [6.45, 7) is 2.06. The minimum atomic E-state index is -0.00251. The van der Waals surface area contributed by atoms with Crippen LogP contribution in [-0.4, -0.2) is 40.0 Å². The number of aryl methyl sites for hydroxylation is 1. The van der Waals surface area contributed by atoms with E-state index in [2.05, 4.69) is 36.5 Å². The number of nitrogens with one attached hydrogen (secondary N) is 1. The Balaban J connectivity index is 1.46. The number of methoxy groups -OCH3 is 2. The summed E-state index contributed by atoms with van der Waals surface area (Å²) in [6.07, 6.45) is 0.448. The lowest BCUT2D eigenvalue weighted by Gasteiger charge is -2.24. The highest BCUT2D eigenvalue weighted by atomic mass is 32.2. The predicted octanol–water partition coefficient (Wildman–Crippen LogP) is 6.20. The summed E-state index contributed by atoms with van der Waals surface area (Å²) >= 11 is 2.85. The van der Waals surface area contributed by atoms with Gasteiger partial charge in [0.1, 0.15) is 29.4 Å². The minimum Gasteiger partial charge on any atom is -0.497 e. The Morgan fingerprint density at radius 3 is 2.31 bits per heavy atom.